The highest BCUT2D eigenvalue weighted by Crippen LogP contribution is 2.28. The predicted octanol–water partition coefficient (Wildman–Crippen LogP) is 2.95. The van der Waals surface area contributed by atoms with Gasteiger partial charge in [0.25, 0.3) is 0 Å². The van der Waals surface area contributed by atoms with Gasteiger partial charge in [-0.15, -0.1) is 5.10 Å². The zero-order chi connectivity index (χ0) is 17.2. The number of aromatic nitrogens is 3. The molecule has 0 saturated heterocycles. The molecule has 7 heteroatoms. The van der Waals surface area contributed by atoms with Gasteiger partial charge in [0.2, 0.25) is 0 Å². The van der Waals surface area contributed by atoms with Gasteiger partial charge in [0.15, 0.2) is 11.5 Å². The van der Waals surface area contributed by atoms with Crippen LogP contribution in [0.15, 0.2) is 53.5 Å². The third-order valence-electron chi connectivity index (χ3n) is 4.00. The molecule has 6 nitrogen and oxygen atoms in total. The fraction of sp³-hybridized carbons (Fsp3) is 0.167. The summed E-state index contributed by atoms with van der Waals surface area (Å²) in [5.74, 6) is 1.57. The molecule has 1 aromatic heterocycles. The SMILES string of the molecule is COc1ccc(-c2c(C3=NCCN3)nnn2-c2ccc(Cl)cc2)cc1. The predicted molar refractivity (Wildman–Crippen MR) is 97.8 cm³/mol. The van der Waals surface area contributed by atoms with Crippen LogP contribution in [0.1, 0.15) is 5.69 Å². The summed E-state index contributed by atoms with van der Waals surface area (Å²) in [4.78, 5) is 4.49. The number of nitrogens with one attached hydrogen (secondary N) is 1. The minimum atomic E-state index is 0.678. The van der Waals surface area contributed by atoms with Gasteiger partial charge in [-0.05, 0) is 48.5 Å². The van der Waals surface area contributed by atoms with Gasteiger partial charge in [-0.1, -0.05) is 16.8 Å². The van der Waals surface area contributed by atoms with Crippen LogP contribution in [0, 0.1) is 0 Å². The number of hydrogen-bond donors (Lipinski definition) is 1. The van der Waals surface area contributed by atoms with Crippen molar-refractivity contribution in [2.24, 2.45) is 4.99 Å². The maximum Gasteiger partial charge on any atom is 0.156 e. The maximum absolute atomic E-state index is 6.01. The molecule has 0 amide bonds. The van der Waals surface area contributed by atoms with E-state index in [1.807, 2.05) is 48.5 Å². The first kappa shape index (κ1) is 15.7. The summed E-state index contributed by atoms with van der Waals surface area (Å²) < 4.78 is 7.06. The molecule has 4 rings (SSSR count). The number of amidine groups is 1. The van der Waals surface area contributed by atoms with Crippen molar-refractivity contribution in [3.8, 4) is 22.7 Å². The highest BCUT2D eigenvalue weighted by molar-refractivity contribution is 6.30. The number of halogens is 1. The number of benzene rings is 2. The van der Waals surface area contributed by atoms with Gasteiger partial charge in [0, 0.05) is 17.1 Å². The largest absolute Gasteiger partial charge is 0.497 e. The Balaban J connectivity index is 1.88. The van der Waals surface area contributed by atoms with Gasteiger partial charge < -0.3 is 10.1 Å². The Morgan fingerprint density at radius 3 is 2.48 bits per heavy atom. The molecule has 1 N–H and O–H groups in total. The third-order valence-corrected chi connectivity index (χ3v) is 4.26. The molecule has 0 atom stereocenters. The summed E-state index contributed by atoms with van der Waals surface area (Å²) in [6, 6.07) is 15.3. The van der Waals surface area contributed by atoms with Crippen molar-refractivity contribution in [3.05, 3.63) is 59.2 Å². The molecule has 25 heavy (non-hydrogen) atoms. The molecule has 1 aliphatic heterocycles. The van der Waals surface area contributed by atoms with Crippen molar-refractivity contribution in [2.45, 2.75) is 0 Å². The average molecular weight is 354 g/mol. The fourth-order valence-electron chi connectivity index (χ4n) is 2.77. The molecule has 2 aromatic carbocycles. The van der Waals surface area contributed by atoms with Crippen LogP contribution >= 0.6 is 11.6 Å². The number of nitrogens with zero attached hydrogens (tertiary/aromatic N) is 4. The zero-order valence-electron chi connectivity index (χ0n) is 13.6. The summed E-state index contributed by atoms with van der Waals surface area (Å²) in [5.41, 5.74) is 3.47. The highest BCUT2D eigenvalue weighted by atomic mass is 35.5. The molecular weight excluding hydrogens is 338 g/mol. The number of methoxy groups -OCH3 is 1. The smallest absolute Gasteiger partial charge is 0.156 e. The zero-order valence-corrected chi connectivity index (χ0v) is 14.4. The van der Waals surface area contributed by atoms with E-state index in [0.29, 0.717) is 5.02 Å². The Morgan fingerprint density at radius 2 is 1.84 bits per heavy atom. The molecule has 0 bridgehead atoms. The van der Waals surface area contributed by atoms with E-state index >= 15 is 0 Å². The van der Waals surface area contributed by atoms with Gasteiger partial charge in [-0.2, -0.15) is 0 Å². The molecule has 3 aromatic rings. The summed E-state index contributed by atoms with van der Waals surface area (Å²) in [6.07, 6.45) is 0. The summed E-state index contributed by atoms with van der Waals surface area (Å²) in [5, 5.41) is 12.7. The van der Waals surface area contributed by atoms with E-state index in [1.54, 1.807) is 11.8 Å². The minimum Gasteiger partial charge on any atom is -0.497 e. The van der Waals surface area contributed by atoms with Gasteiger partial charge in [0.1, 0.15) is 11.4 Å². The molecule has 1 aliphatic rings. The lowest BCUT2D eigenvalue weighted by molar-refractivity contribution is 0.415. The van der Waals surface area contributed by atoms with E-state index in [-0.39, 0.29) is 0 Å². The Bertz CT molecular complexity index is 916. The normalized spacial score (nSPS) is 13.4. The molecule has 0 spiro atoms. The van der Waals surface area contributed by atoms with Crippen molar-refractivity contribution in [3.63, 3.8) is 0 Å². The molecule has 0 unspecified atom stereocenters. The Kier molecular flexibility index (Phi) is 4.11. The van der Waals surface area contributed by atoms with Gasteiger partial charge >= 0.3 is 0 Å². The number of rotatable bonds is 4. The number of ether oxygens (including phenoxy) is 1. The van der Waals surface area contributed by atoms with Crippen LogP contribution in [-0.4, -0.2) is 41.0 Å². The Labute approximate surface area is 150 Å². The molecule has 0 fully saturated rings. The van der Waals surface area contributed by atoms with Gasteiger partial charge in [0.05, 0.1) is 19.3 Å². The lowest BCUT2D eigenvalue weighted by atomic mass is 10.1. The van der Waals surface area contributed by atoms with Crippen molar-refractivity contribution in [1.82, 2.24) is 20.3 Å². The van der Waals surface area contributed by atoms with Crippen molar-refractivity contribution < 1.29 is 4.74 Å². The molecule has 126 valence electrons. The van der Waals surface area contributed by atoms with E-state index in [4.69, 9.17) is 16.3 Å². The molecular formula is C18H16ClN5O. The first-order chi connectivity index (χ1) is 12.3. The fourth-order valence-corrected chi connectivity index (χ4v) is 2.89. The Morgan fingerprint density at radius 1 is 1.08 bits per heavy atom. The van der Waals surface area contributed by atoms with Crippen molar-refractivity contribution in [1.29, 1.82) is 0 Å². The van der Waals surface area contributed by atoms with Crippen LogP contribution in [0.4, 0.5) is 0 Å². The highest BCUT2D eigenvalue weighted by Gasteiger charge is 2.22. The van der Waals surface area contributed by atoms with Crippen LogP contribution in [0.2, 0.25) is 5.02 Å². The van der Waals surface area contributed by atoms with Crippen LogP contribution in [0.5, 0.6) is 5.75 Å². The summed E-state index contributed by atoms with van der Waals surface area (Å²) in [7, 11) is 1.65. The van der Waals surface area contributed by atoms with E-state index < -0.39 is 0 Å². The second kappa shape index (κ2) is 6.57. The standard InChI is InChI=1S/C18H16ClN5O/c1-25-15-8-2-12(3-9-15)17-16(18-20-10-11-21-18)22-23-24(17)14-6-4-13(19)5-7-14/h2-9H,10-11H2,1H3,(H,20,21). The molecule has 2 heterocycles. The lowest BCUT2D eigenvalue weighted by Gasteiger charge is -2.09. The minimum absolute atomic E-state index is 0.678. The third kappa shape index (κ3) is 2.96. The second-order valence-electron chi connectivity index (χ2n) is 5.56. The van der Waals surface area contributed by atoms with E-state index in [1.165, 1.54) is 0 Å². The van der Waals surface area contributed by atoms with Crippen LogP contribution < -0.4 is 10.1 Å². The van der Waals surface area contributed by atoms with E-state index in [9.17, 15) is 0 Å². The van der Waals surface area contributed by atoms with Crippen molar-refractivity contribution >= 4 is 17.4 Å². The number of aliphatic imine (C=N–C) groups is 1. The first-order valence-electron chi connectivity index (χ1n) is 7.91. The maximum atomic E-state index is 6.01. The van der Waals surface area contributed by atoms with Crippen molar-refractivity contribution in [2.75, 3.05) is 20.2 Å². The second-order valence-corrected chi connectivity index (χ2v) is 6.00. The quantitative estimate of drug-likeness (QED) is 0.783. The van der Waals surface area contributed by atoms with Crippen LogP contribution in [-0.2, 0) is 0 Å². The van der Waals surface area contributed by atoms with Crippen LogP contribution in [0.3, 0.4) is 0 Å². The van der Waals surface area contributed by atoms with Crippen LogP contribution in [0.25, 0.3) is 16.9 Å². The van der Waals surface area contributed by atoms with Gasteiger partial charge in [-0.25, -0.2) is 4.68 Å². The average Bonchev–Trinajstić information content (AvgIpc) is 3.32. The molecule has 0 aliphatic carbocycles. The lowest BCUT2D eigenvalue weighted by Crippen LogP contribution is -2.20. The van der Waals surface area contributed by atoms with Gasteiger partial charge in [-0.3, -0.25) is 4.99 Å². The summed E-state index contributed by atoms with van der Waals surface area (Å²) in [6.45, 7) is 1.55. The first-order valence-corrected chi connectivity index (χ1v) is 8.29. The Hall–Kier alpha value is -2.86. The molecule has 0 radical (unpaired) electrons. The molecule has 0 saturated carbocycles. The van der Waals surface area contributed by atoms with E-state index in [0.717, 1.165) is 47.3 Å². The van der Waals surface area contributed by atoms with E-state index in [2.05, 4.69) is 20.6 Å². The topological polar surface area (TPSA) is 64.3 Å². The number of hydrogen-bond acceptors (Lipinski definition) is 5. The monoisotopic (exact) mass is 353 g/mol. The summed E-state index contributed by atoms with van der Waals surface area (Å²) >= 11 is 6.01.